The van der Waals surface area contributed by atoms with E-state index < -0.39 is 44.2 Å². The van der Waals surface area contributed by atoms with E-state index in [4.69, 9.17) is 0 Å². The van der Waals surface area contributed by atoms with Gasteiger partial charge in [-0.2, -0.15) is 18.3 Å². The van der Waals surface area contributed by atoms with E-state index >= 15 is 0 Å². The summed E-state index contributed by atoms with van der Waals surface area (Å²) in [4.78, 5) is 20.7. The van der Waals surface area contributed by atoms with Gasteiger partial charge in [0.05, 0.1) is 23.3 Å². The third-order valence-corrected chi connectivity index (χ3v) is 8.78. The first kappa shape index (κ1) is 24.8. The zero-order valence-electron chi connectivity index (χ0n) is 19.0. The van der Waals surface area contributed by atoms with Gasteiger partial charge in [-0.05, 0) is 39.7 Å². The predicted octanol–water partition coefficient (Wildman–Crippen LogP) is 3.55. The maximum atomic E-state index is 14.8. The smallest absolute Gasteiger partial charge is 0.323 e. The predicted molar refractivity (Wildman–Crippen MR) is 117 cm³/mol. The fraction of sp³-hybridized carbons (Fsp3) is 0.429. The lowest BCUT2D eigenvalue weighted by atomic mass is 10.0. The Morgan fingerprint density at radius 3 is 2.54 bits per heavy atom. The molecule has 1 aliphatic rings. The van der Waals surface area contributed by atoms with Crippen LogP contribution >= 0.6 is 0 Å². The molecule has 3 aromatic rings. The van der Waals surface area contributed by atoms with E-state index in [9.17, 15) is 30.8 Å². The van der Waals surface area contributed by atoms with Gasteiger partial charge >= 0.3 is 6.18 Å². The number of sulfone groups is 1. The molecule has 1 N–H and O–H groups in total. The van der Waals surface area contributed by atoms with Crippen LogP contribution in [0.2, 0.25) is 0 Å². The number of carbonyl (C=O) groups excluding carboxylic acids is 1. The molecule has 1 aliphatic heterocycles. The van der Waals surface area contributed by atoms with E-state index in [1.54, 1.807) is 6.92 Å². The Morgan fingerprint density at radius 1 is 1.26 bits per heavy atom. The molecule has 14 heteroatoms. The van der Waals surface area contributed by atoms with Crippen LogP contribution in [0.25, 0.3) is 5.82 Å². The number of amides is 1. The lowest BCUT2D eigenvalue weighted by molar-refractivity contribution is -0.141. The highest BCUT2D eigenvalue weighted by Gasteiger charge is 2.46. The number of imidazole rings is 1. The van der Waals surface area contributed by atoms with Gasteiger partial charge in [-0.25, -0.2) is 22.8 Å². The molecule has 0 aromatic carbocycles. The number of anilines is 1. The number of rotatable bonds is 5. The molecule has 0 aliphatic carbocycles. The van der Waals surface area contributed by atoms with Crippen LogP contribution in [0.5, 0.6) is 0 Å². The van der Waals surface area contributed by atoms with Crippen LogP contribution < -0.4 is 5.32 Å². The van der Waals surface area contributed by atoms with Gasteiger partial charge in [0.15, 0.2) is 27.2 Å². The highest BCUT2D eigenvalue weighted by molar-refractivity contribution is 7.92. The molecule has 3 aromatic heterocycles. The summed E-state index contributed by atoms with van der Waals surface area (Å²) < 4.78 is 79.4. The van der Waals surface area contributed by atoms with Crippen molar-refractivity contribution < 1.29 is 30.8 Å². The highest BCUT2D eigenvalue weighted by atomic mass is 32.2. The van der Waals surface area contributed by atoms with Gasteiger partial charge in [-0.1, -0.05) is 0 Å². The van der Waals surface area contributed by atoms with Gasteiger partial charge in [-0.3, -0.25) is 14.0 Å². The fourth-order valence-electron chi connectivity index (χ4n) is 4.04. The third kappa shape index (κ3) is 4.42. The molecule has 1 saturated heterocycles. The fourth-order valence-corrected chi connectivity index (χ4v) is 5.90. The summed E-state index contributed by atoms with van der Waals surface area (Å²) >= 11 is 0. The van der Waals surface area contributed by atoms with Crippen LogP contribution in [0, 0.1) is 12.7 Å². The first-order chi connectivity index (χ1) is 16.2. The molecule has 4 heterocycles. The van der Waals surface area contributed by atoms with Gasteiger partial charge in [-0.15, -0.1) is 0 Å². The van der Waals surface area contributed by atoms with Gasteiger partial charge in [0.1, 0.15) is 17.1 Å². The minimum atomic E-state index is -4.65. The number of pyridine rings is 1. The summed E-state index contributed by atoms with van der Waals surface area (Å²) in [6, 6.07) is 0.716. The SMILES string of the molecule is Cc1cc(C(F)(F)F)nn1[C@H](C)C(=O)Nc1cnc(-n2cnc([C@]3(C)CCCS3(=O)=O)c2)c(F)c1. The Balaban J connectivity index is 1.52. The standard InChI is InChI=1S/C21H22F4N6O3S/c1-12-7-16(21(23,24)25)29-31(12)13(2)19(32)28-14-8-15(22)18(26-9-14)30-10-17(27-11-30)20(3)5-4-6-35(20,33)34/h7-11,13H,4-6H2,1-3H3,(H,28,32)/t13-,20+/m1/s1. The maximum absolute atomic E-state index is 14.8. The number of alkyl halides is 3. The number of aromatic nitrogens is 5. The lowest BCUT2D eigenvalue weighted by Crippen LogP contribution is -2.28. The molecule has 35 heavy (non-hydrogen) atoms. The topological polar surface area (TPSA) is 112 Å². The second-order valence-corrected chi connectivity index (χ2v) is 11.2. The molecule has 0 saturated carbocycles. The summed E-state index contributed by atoms with van der Waals surface area (Å²) in [5, 5.41) is 5.87. The van der Waals surface area contributed by atoms with Crippen LogP contribution in [0.15, 0.2) is 30.9 Å². The Labute approximate surface area is 198 Å². The van der Waals surface area contributed by atoms with Crippen molar-refractivity contribution in [2.45, 2.75) is 50.6 Å². The Hall–Kier alpha value is -3.29. The molecule has 2 atom stereocenters. The number of nitrogens with zero attached hydrogens (tertiary/aromatic N) is 5. The average molecular weight is 515 g/mol. The lowest BCUT2D eigenvalue weighted by Gasteiger charge is -2.19. The molecule has 0 spiro atoms. The highest BCUT2D eigenvalue weighted by Crippen LogP contribution is 2.40. The number of halogens is 4. The van der Waals surface area contributed by atoms with Crippen molar-refractivity contribution in [2.75, 3.05) is 11.1 Å². The van der Waals surface area contributed by atoms with Gasteiger partial charge < -0.3 is 5.32 Å². The third-order valence-electron chi connectivity index (χ3n) is 6.17. The van der Waals surface area contributed by atoms with Crippen molar-refractivity contribution >= 4 is 21.4 Å². The van der Waals surface area contributed by atoms with Crippen molar-refractivity contribution in [1.29, 1.82) is 0 Å². The largest absolute Gasteiger partial charge is 0.435 e. The van der Waals surface area contributed by atoms with E-state index in [-0.39, 0.29) is 28.6 Å². The summed E-state index contributed by atoms with van der Waals surface area (Å²) in [6.07, 6.45) is 0.119. The zero-order valence-corrected chi connectivity index (χ0v) is 19.8. The van der Waals surface area contributed by atoms with E-state index in [1.165, 1.54) is 37.1 Å². The van der Waals surface area contributed by atoms with Crippen molar-refractivity contribution in [3.63, 3.8) is 0 Å². The van der Waals surface area contributed by atoms with Crippen LogP contribution in [0.4, 0.5) is 23.2 Å². The second kappa shape index (κ2) is 8.43. The number of hydrogen-bond acceptors (Lipinski definition) is 6. The first-order valence-corrected chi connectivity index (χ1v) is 12.2. The average Bonchev–Trinajstić information content (AvgIpc) is 3.46. The van der Waals surface area contributed by atoms with Crippen LogP contribution in [-0.4, -0.2) is 44.4 Å². The summed E-state index contributed by atoms with van der Waals surface area (Å²) in [7, 11) is -3.39. The minimum Gasteiger partial charge on any atom is -0.323 e. The number of hydrogen-bond donors (Lipinski definition) is 1. The van der Waals surface area contributed by atoms with E-state index in [0.717, 1.165) is 16.8 Å². The second-order valence-electron chi connectivity index (χ2n) is 8.63. The van der Waals surface area contributed by atoms with E-state index in [1.807, 2.05) is 0 Å². The van der Waals surface area contributed by atoms with Crippen molar-refractivity contribution in [1.82, 2.24) is 24.3 Å². The quantitative estimate of drug-likeness (QED) is 0.522. The van der Waals surface area contributed by atoms with E-state index in [2.05, 4.69) is 20.4 Å². The molecular formula is C21H22F4N6O3S. The van der Waals surface area contributed by atoms with Crippen LogP contribution in [0.3, 0.4) is 0 Å². The maximum Gasteiger partial charge on any atom is 0.435 e. The molecule has 9 nitrogen and oxygen atoms in total. The Bertz CT molecular complexity index is 1400. The van der Waals surface area contributed by atoms with Crippen molar-refractivity contribution in [3.05, 3.63) is 53.8 Å². The van der Waals surface area contributed by atoms with Crippen LogP contribution in [-0.2, 0) is 25.6 Å². The number of nitrogens with one attached hydrogen (secondary N) is 1. The molecule has 0 unspecified atom stereocenters. The van der Waals surface area contributed by atoms with Crippen molar-refractivity contribution in [3.8, 4) is 5.82 Å². The molecular weight excluding hydrogens is 492 g/mol. The normalized spacial score (nSPS) is 20.7. The summed E-state index contributed by atoms with van der Waals surface area (Å²) in [5.41, 5.74) is -0.718. The Kier molecular flexibility index (Phi) is 5.98. The monoisotopic (exact) mass is 514 g/mol. The van der Waals surface area contributed by atoms with Gasteiger partial charge in [0.25, 0.3) is 0 Å². The molecule has 1 amide bonds. The van der Waals surface area contributed by atoms with Crippen molar-refractivity contribution in [2.24, 2.45) is 0 Å². The number of carbonyl (C=O) groups is 1. The molecule has 1 fully saturated rings. The van der Waals surface area contributed by atoms with Gasteiger partial charge in [0, 0.05) is 18.0 Å². The van der Waals surface area contributed by atoms with Gasteiger partial charge in [0.2, 0.25) is 5.91 Å². The van der Waals surface area contributed by atoms with E-state index in [0.29, 0.717) is 12.8 Å². The summed E-state index contributed by atoms with van der Waals surface area (Å²) in [6.45, 7) is 4.33. The Morgan fingerprint density at radius 2 is 1.97 bits per heavy atom. The minimum absolute atomic E-state index is 0.0189. The zero-order chi connectivity index (χ0) is 25.8. The molecule has 0 bridgehead atoms. The molecule has 4 rings (SSSR count). The number of aryl methyl sites for hydroxylation is 1. The first-order valence-electron chi connectivity index (χ1n) is 10.6. The van der Waals surface area contributed by atoms with Crippen LogP contribution in [0.1, 0.15) is 49.8 Å². The molecule has 188 valence electrons. The summed E-state index contributed by atoms with van der Waals surface area (Å²) in [5.74, 6) is -1.64. The molecule has 0 radical (unpaired) electrons.